The smallest absolute Gasteiger partial charge is 0.353 e. The monoisotopic (exact) mass is 440 g/mol. The summed E-state index contributed by atoms with van der Waals surface area (Å²) in [5.41, 5.74) is 0.991. The van der Waals surface area contributed by atoms with E-state index in [1.807, 2.05) is 0 Å². The van der Waals surface area contributed by atoms with Crippen molar-refractivity contribution >= 4 is 32.7 Å². The summed E-state index contributed by atoms with van der Waals surface area (Å²) < 4.78 is 68.4. The predicted octanol–water partition coefficient (Wildman–Crippen LogP) is 2.94. The zero-order valence-electron chi connectivity index (χ0n) is 16.0. The summed E-state index contributed by atoms with van der Waals surface area (Å²) in [6.07, 6.45) is -1.89. The van der Waals surface area contributed by atoms with Crippen molar-refractivity contribution in [3.05, 3.63) is 36.7 Å². The van der Waals surface area contributed by atoms with Gasteiger partial charge in [0.15, 0.2) is 11.6 Å². The Morgan fingerprint density at radius 1 is 1.10 bits per heavy atom. The van der Waals surface area contributed by atoms with E-state index in [0.717, 1.165) is 0 Å². The minimum Gasteiger partial charge on any atom is -0.353 e. The van der Waals surface area contributed by atoms with Crippen LogP contribution >= 0.6 is 0 Å². The molecule has 1 N–H and O–H groups in total. The van der Waals surface area contributed by atoms with Gasteiger partial charge in [0.25, 0.3) is 10.0 Å². The van der Waals surface area contributed by atoms with E-state index in [1.165, 1.54) is 17.1 Å². The number of alkyl halides is 3. The summed E-state index contributed by atoms with van der Waals surface area (Å²) in [7, 11) is -2.41. The lowest BCUT2D eigenvalue weighted by molar-refractivity contribution is -0.179. The molecular weight excluding hydrogens is 421 g/mol. The number of benzene rings is 1. The zero-order chi connectivity index (χ0) is 21.5. The Bertz CT molecular complexity index is 1170. The second-order valence-electron chi connectivity index (χ2n) is 7.14. The van der Waals surface area contributed by atoms with Gasteiger partial charge < -0.3 is 4.90 Å². The van der Waals surface area contributed by atoms with Crippen molar-refractivity contribution in [3.8, 4) is 0 Å². The van der Waals surface area contributed by atoms with Gasteiger partial charge in [-0.25, -0.2) is 18.4 Å². The number of anilines is 2. The van der Waals surface area contributed by atoms with Gasteiger partial charge in [-0.05, 0) is 25.0 Å². The molecule has 160 valence electrons. The van der Waals surface area contributed by atoms with Crippen LogP contribution in [0.5, 0.6) is 0 Å². The zero-order valence-corrected chi connectivity index (χ0v) is 16.8. The molecule has 0 atom stereocenters. The molecule has 3 aromatic rings. The number of hydrogen-bond donors (Lipinski definition) is 1. The van der Waals surface area contributed by atoms with Crippen molar-refractivity contribution in [2.75, 3.05) is 22.7 Å². The molecule has 0 amide bonds. The summed E-state index contributed by atoms with van der Waals surface area (Å²) in [5, 5.41) is 3.86. The molecule has 1 fully saturated rings. The van der Waals surface area contributed by atoms with E-state index >= 15 is 0 Å². The standard InChI is InChI=1S/C18H19F3N6O2S/c1-26-11-13(10-22-26)30(28,29)25-16-17(24-15-5-3-2-4-14(15)23-16)27-8-6-12(7-9-27)18(19,20)21/h2-5,10-12H,6-9H2,1H3,(H,23,25). The number of rotatable bonds is 4. The Morgan fingerprint density at radius 3 is 2.30 bits per heavy atom. The number of sulfonamides is 1. The summed E-state index contributed by atoms with van der Waals surface area (Å²) in [4.78, 5) is 10.5. The quantitative estimate of drug-likeness (QED) is 0.671. The van der Waals surface area contributed by atoms with Crippen molar-refractivity contribution < 1.29 is 21.6 Å². The van der Waals surface area contributed by atoms with E-state index in [-0.39, 0.29) is 42.5 Å². The molecule has 1 aliphatic rings. The number of nitrogens with zero attached hydrogens (tertiary/aromatic N) is 5. The van der Waals surface area contributed by atoms with E-state index in [4.69, 9.17) is 0 Å². The molecule has 0 saturated carbocycles. The summed E-state index contributed by atoms with van der Waals surface area (Å²) in [6, 6.07) is 6.90. The number of aryl methyl sites for hydroxylation is 1. The topological polar surface area (TPSA) is 93.0 Å². The second-order valence-corrected chi connectivity index (χ2v) is 8.83. The number of para-hydroxylation sites is 2. The first kappa shape index (κ1) is 20.4. The number of hydrogen-bond acceptors (Lipinski definition) is 6. The fourth-order valence-corrected chi connectivity index (χ4v) is 4.41. The normalized spacial score (nSPS) is 16.2. The molecular formula is C18H19F3N6O2S. The molecule has 0 unspecified atom stereocenters. The highest BCUT2D eigenvalue weighted by Gasteiger charge is 2.41. The molecule has 0 aliphatic carbocycles. The molecule has 1 aliphatic heterocycles. The van der Waals surface area contributed by atoms with Gasteiger partial charge in [0.1, 0.15) is 4.90 Å². The molecule has 12 heteroatoms. The Morgan fingerprint density at radius 2 is 1.73 bits per heavy atom. The highest BCUT2D eigenvalue weighted by molar-refractivity contribution is 7.92. The van der Waals surface area contributed by atoms with Gasteiger partial charge in [-0.2, -0.15) is 18.3 Å². The fraction of sp³-hybridized carbons (Fsp3) is 0.389. The highest BCUT2D eigenvalue weighted by Crippen LogP contribution is 2.37. The summed E-state index contributed by atoms with van der Waals surface area (Å²) in [5.74, 6) is -1.19. The maximum Gasteiger partial charge on any atom is 0.391 e. The van der Waals surface area contributed by atoms with Crippen molar-refractivity contribution in [3.63, 3.8) is 0 Å². The molecule has 30 heavy (non-hydrogen) atoms. The average molecular weight is 440 g/mol. The minimum absolute atomic E-state index is 0.0250. The lowest BCUT2D eigenvalue weighted by Gasteiger charge is -2.34. The van der Waals surface area contributed by atoms with Crippen LogP contribution in [0.4, 0.5) is 24.8 Å². The van der Waals surface area contributed by atoms with Gasteiger partial charge in [0, 0.05) is 26.3 Å². The molecule has 1 aromatic carbocycles. The Hall–Kier alpha value is -2.89. The first-order valence-electron chi connectivity index (χ1n) is 9.23. The third-order valence-electron chi connectivity index (χ3n) is 5.03. The predicted molar refractivity (Wildman–Crippen MR) is 105 cm³/mol. The van der Waals surface area contributed by atoms with Crippen LogP contribution in [-0.2, 0) is 17.1 Å². The van der Waals surface area contributed by atoms with Crippen LogP contribution in [0.3, 0.4) is 0 Å². The molecule has 4 rings (SSSR count). The van der Waals surface area contributed by atoms with Crippen molar-refractivity contribution in [2.45, 2.75) is 23.9 Å². The molecule has 1 saturated heterocycles. The molecule has 0 spiro atoms. The van der Waals surface area contributed by atoms with Crippen molar-refractivity contribution in [1.82, 2.24) is 19.7 Å². The molecule has 3 heterocycles. The fourth-order valence-electron chi connectivity index (χ4n) is 3.42. The highest BCUT2D eigenvalue weighted by atomic mass is 32.2. The third kappa shape index (κ3) is 4.04. The van der Waals surface area contributed by atoms with E-state index in [1.54, 1.807) is 36.2 Å². The van der Waals surface area contributed by atoms with E-state index in [9.17, 15) is 21.6 Å². The maximum absolute atomic E-state index is 13.0. The van der Waals surface area contributed by atoms with Crippen LogP contribution in [-0.4, -0.2) is 47.4 Å². The lowest BCUT2D eigenvalue weighted by atomic mass is 9.96. The van der Waals surface area contributed by atoms with Gasteiger partial charge in [0.2, 0.25) is 0 Å². The van der Waals surface area contributed by atoms with Crippen molar-refractivity contribution in [2.24, 2.45) is 13.0 Å². The van der Waals surface area contributed by atoms with Crippen LogP contribution in [0.2, 0.25) is 0 Å². The summed E-state index contributed by atoms with van der Waals surface area (Å²) in [6.45, 7) is 0.192. The first-order valence-corrected chi connectivity index (χ1v) is 10.7. The Kier molecular flexibility index (Phi) is 5.04. The van der Waals surface area contributed by atoms with Crippen LogP contribution in [0.1, 0.15) is 12.8 Å². The van der Waals surface area contributed by atoms with Gasteiger partial charge in [-0.1, -0.05) is 12.1 Å². The van der Waals surface area contributed by atoms with Crippen LogP contribution in [0.25, 0.3) is 11.0 Å². The number of aromatic nitrogens is 4. The Balaban J connectivity index is 1.70. The third-order valence-corrected chi connectivity index (χ3v) is 6.33. The van der Waals surface area contributed by atoms with Crippen LogP contribution in [0, 0.1) is 5.92 Å². The van der Waals surface area contributed by atoms with Gasteiger partial charge in [-0.3, -0.25) is 9.40 Å². The molecule has 8 nitrogen and oxygen atoms in total. The molecule has 0 radical (unpaired) electrons. The second kappa shape index (κ2) is 7.42. The van der Waals surface area contributed by atoms with Crippen molar-refractivity contribution in [1.29, 1.82) is 0 Å². The van der Waals surface area contributed by atoms with E-state index < -0.39 is 22.1 Å². The van der Waals surface area contributed by atoms with Gasteiger partial charge >= 0.3 is 6.18 Å². The Labute approximate surface area is 170 Å². The minimum atomic E-state index is -4.24. The maximum atomic E-state index is 13.0. The molecule has 2 aromatic heterocycles. The first-order chi connectivity index (χ1) is 14.1. The average Bonchev–Trinajstić information content (AvgIpc) is 3.14. The van der Waals surface area contributed by atoms with Crippen LogP contribution in [0.15, 0.2) is 41.6 Å². The number of halogens is 3. The lowest BCUT2D eigenvalue weighted by Crippen LogP contribution is -2.39. The van der Waals surface area contributed by atoms with E-state index in [2.05, 4.69) is 19.8 Å². The molecule has 0 bridgehead atoms. The van der Waals surface area contributed by atoms with Gasteiger partial charge in [0.05, 0.1) is 23.1 Å². The summed E-state index contributed by atoms with van der Waals surface area (Å²) >= 11 is 0. The van der Waals surface area contributed by atoms with E-state index in [0.29, 0.717) is 11.0 Å². The number of nitrogens with one attached hydrogen (secondary N) is 1. The van der Waals surface area contributed by atoms with Gasteiger partial charge in [-0.15, -0.1) is 0 Å². The largest absolute Gasteiger partial charge is 0.391 e. The van der Waals surface area contributed by atoms with Crippen LogP contribution < -0.4 is 9.62 Å². The number of piperidine rings is 1. The SMILES string of the molecule is Cn1cc(S(=O)(=O)Nc2nc3ccccc3nc2N2CCC(C(F)(F)F)CC2)cn1. The number of fused-ring (bicyclic) bond motifs is 1.